The molecule has 0 spiro atoms. The van der Waals surface area contributed by atoms with Crippen LogP contribution >= 0.6 is 15.9 Å². The molecule has 0 unspecified atom stereocenters. The molecule has 0 bridgehead atoms. The minimum atomic E-state index is 0.650. The first-order valence-corrected chi connectivity index (χ1v) is 8.98. The molecule has 4 rings (SSSR count). The lowest BCUT2D eigenvalue weighted by Crippen LogP contribution is -2.49. The zero-order valence-corrected chi connectivity index (χ0v) is 15.7. The summed E-state index contributed by atoms with van der Waals surface area (Å²) < 4.78 is 3.30. The Morgan fingerprint density at radius 2 is 1.96 bits per heavy atom. The first-order chi connectivity index (χ1) is 11.5. The number of aryl methyl sites for hydroxylation is 3. The van der Waals surface area contributed by atoms with Crippen molar-refractivity contribution in [3.8, 4) is 0 Å². The minimum Gasteiger partial charge on any atom is -0.356 e. The number of halogens is 1. The fourth-order valence-electron chi connectivity index (χ4n) is 3.34. The van der Waals surface area contributed by atoms with Crippen LogP contribution in [0.2, 0.25) is 0 Å². The number of nitrogens with zero attached hydrogens (tertiary/aromatic N) is 5. The van der Waals surface area contributed by atoms with Gasteiger partial charge in [0.15, 0.2) is 5.65 Å². The highest BCUT2D eigenvalue weighted by molar-refractivity contribution is 9.10. The largest absolute Gasteiger partial charge is 0.356 e. The van der Waals surface area contributed by atoms with E-state index < -0.39 is 0 Å². The quantitative estimate of drug-likeness (QED) is 0.690. The van der Waals surface area contributed by atoms with Gasteiger partial charge in [-0.1, -0.05) is 0 Å². The van der Waals surface area contributed by atoms with E-state index in [4.69, 9.17) is 4.98 Å². The minimum absolute atomic E-state index is 0.650. The fourth-order valence-corrected chi connectivity index (χ4v) is 3.64. The predicted molar refractivity (Wildman–Crippen MR) is 99.4 cm³/mol. The van der Waals surface area contributed by atoms with Crippen molar-refractivity contribution < 1.29 is 0 Å². The summed E-state index contributed by atoms with van der Waals surface area (Å²) in [5.74, 6) is 2.75. The van der Waals surface area contributed by atoms with E-state index in [1.165, 1.54) is 5.56 Å². The number of rotatable bonds is 3. The van der Waals surface area contributed by atoms with Crippen molar-refractivity contribution in [3.05, 3.63) is 46.1 Å². The van der Waals surface area contributed by atoms with Crippen LogP contribution in [0.4, 0.5) is 5.82 Å². The van der Waals surface area contributed by atoms with Gasteiger partial charge in [0.25, 0.3) is 0 Å². The lowest BCUT2D eigenvalue weighted by Gasteiger charge is -2.40. The van der Waals surface area contributed by atoms with Gasteiger partial charge in [-0.05, 0) is 54.4 Å². The third kappa shape index (κ3) is 2.59. The molecule has 0 N–H and O–H groups in total. The Kier molecular flexibility index (Phi) is 3.79. The molecular weight excluding hydrogens is 366 g/mol. The van der Waals surface area contributed by atoms with E-state index in [1.807, 2.05) is 13.1 Å². The molecule has 1 aliphatic rings. The van der Waals surface area contributed by atoms with Crippen molar-refractivity contribution in [1.29, 1.82) is 0 Å². The Balaban J connectivity index is 1.52. The van der Waals surface area contributed by atoms with Crippen LogP contribution in [0.25, 0.3) is 11.0 Å². The summed E-state index contributed by atoms with van der Waals surface area (Å²) in [4.78, 5) is 16.0. The smallest absolute Gasteiger partial charge is 0.162 e. The summed E-state index contributed by atoms with van der Waals surface area (Å²) >= 11 is 3.61. The van der Waals surface area contributed by atoms with Gasteiger partial charge in [-0.3, -0.25) is 0 Å². The lowest BCUT2D eigenvalue weighted by atomic mass is 10.00. The summed E-state index contributed by atoms with van der Waals surface area (Å²) in [6, 6.07) is 4.25. The maximum atomic E-state index is 4.78. The van der Waals surface area contributed by atoms with E-state index in [-0.39, 0.29) is 0 Å². The summed E-state index contributed by atoms with van der Waals surface area (Å²) in [6.45, 7) is 9.26. The molecule has 4 heterocycles. The second kappa shape index (κ2) is 5.84. The van der Waals surface area contributed by atoms with Crippen molar-refractivity contribution in [2.75, 3.05) is 18.0 Å². The van der Waals surface area contributed by atoms with Gasteiger partial charge in [0, 0.05) is 47.8 Å². The fraction of sp³-hybridized carbons (Fsp3) is 0.389. The predicted octanol–water partition coefficient (Wildman–Crippen LogP) is 3.65. The molecule has 6 heteroatoms. The van der Waals surface area contributed by atoms with Crippen molar-refractivity contribution in [2.45, 2.75) is 27.3 Å². The monoisotopic (exact) mass is 385 g/mol. The average Bonchev–Trinajstić information content (AvgIpc) is 2.93. The number of imidazole rings is 1. The van der Waals surface area contributed by atoms with Gasteiger partial charge in [0.2, 0.25) is 0 Å². The third-order valence-electron chi connectivity index (χ3n) is 4.84. The number of aromatic nitrogens is 4. The number of hydrogen-bond acceptors (Lipinski definition) is 4. The summed E-state index contributed by atoms with van der Waals surface area (Å²) in [5.41, 5.74) is 3.02. The van der Waals surface area contributed by atoms with Crippen LogP contribution in [0.1, 0.15) is 17.1 Å². The molecule has 3 aromatic heterocycles. The van der Waals surface area contributed by atoms with Gasteiger partial charge < -0.3 is 9.47 Å². The first-order valence-electron chi connectivity index (χ1n) is 8.19. The molecule has 0 radical (unpaired) electrons. The molecule has 24 heavy (non-hydrogen) atoms. The molecule has 0 amide bonds. The van der Waals surface area contributed by atoms with Gasteiger partial charge in [-0.2, -0.15) is 0 Å². The van der Waals surface area contributed by atoms with Crippen molar-refractivity contribution in [1.82, 2.24) is 19.5 Å². The number of hydrogen-bond donors (Lipinski definition) is 0. The highest BCUT2D eigenvalue weighted by atomic mass is 79.9. The van der Waals surface area contributed by atoms with Crippen LogP contribution in [0, 0.1) is 26.7 Å². The van der Waals surface area contributed by atoms with E-state index in [1.54, 1.807) is 0 Å². The molecule has 0 saturated carbocycles. The normalized spacial score (nSPS) is 15.1. The Morgan fingerprint density at radius 3 is 2.67 bits per heavy atom. The highest BCUT2D eigenvalue weighted by Gasteiger charge is 2.28. The van der Waals surface area contributed by atoms with Gasteiger partial charge in [-0.15, -0.1) is 0 Å². The SMILES string of the molecule is Cc1nc2nc(N3CC(Cn4ccnc4C)C3)ccc2c(C)c1Br. The van der Waals surface area contributed by atoms with Gasteiger partial charge >= 0.3 is 0 Å². The first kappa shape index (κ1) is 15.6. The Hall–Kier alpha value is -1.95. The van der Waals surface area contributed by atoms with Crippen molar-refractivity contribution in [3.63, 3.8) is 0 Å². The topological polar surface area (TPSA) is 46.8 Å². The van der Waals surface area contributed by atoms with Gasteiger partial charge in [0.05, 0.1) is 5.69 Å². The molecule has 124 valence electrons. The summed E-state index contributed by atoms with van der Waals surface area (Å²) in [5, 5.41) is 1.11. The molecule has 1 saturated heterocycles. The summed E-state index contributed by atoms with van der Waals surface area (Å²) in [6.07, 6.45) is 3.92. The Labute approximate surface area is 149 Å². The standard InChI is InChI=1S/C18H20BrN5/c1-11-15-4-5-16(22-18(15)21-12(2)17(11)19)24-9-14(10-24)8-23-7-6-20-13(23)3/h4-7,14H,8-10H2,1-3H3. The van der Waals surface area contributed by atoms with Gasteiger partial charge in [0.1, 0.15) is 11.6 Å². The van der Waals surface area contributed by atoms with Crippen LogP contribution in [0.15, 0.2) is 29.0 Å². The number of pyridine rings is 2. The maximum Gasteiger partial charge on any atom is 0.162 e. The molecule has 0 aromatic carbocycles. The van der Waals surface area contributed by atoms with Crippen molar-refractivity contribution in [2.24, 2.45) is 5.92 Å². The third-order valence-corrected chi connectivity index (χ3v) is 6.01. The van der Waals surface area contributed by atoms with E-state index in [9.17, 15) is 0 Å². The van der Waals surface area contributed by atoms with Crippen molar-refractivity contribution >= 4 is 32.8 Å². The number of fused-ring (bicyclic) bond motifs is 1. The zero-order chi connectivity index (χ0) is 16.8. The molecule has 0 atom stereocenters. The molecule has 1 fully saturated rings. The molecule has 3 aromatic rings. The molecular formula is C18H20BrN5. The molecule has 0 aliphatic carbocycles. The Morgan fingerprint density at radius 1 is 1.17 bits per heavy atom. The Bertz CT molecular complexity index is 911. The highest BCUT2D eigenvalue weighted by Crippen LogP contribution is 2.30. The maximum absolute atomic E-state index is 4.78. The van der Waals surface area contributed by atoms with E-state index in [0.717, 1.165) is 52.5 Å². The van der Waals surface area contributed by atoms with E-state index >= 15 is 0 Å². The second-order valence-electron chi connectivity index (χ2n) is 6.57. The van der Waals surface area contributed by atoms with Crippen LogP contribution in [-0.4, -0.2) is 32.6 Å². The zero-order valence-electron chi connectivity index (χ0n) is 14.1. The molecule has 5 nitrogen and oxygen atoms in total. The van der Waals surface area contributed by atoms with Crippen LogP contribution in [0.3, 0.4) is 0 Å². The van der Waals surface area contributed by atoms with E-state index in [2.05, 4.69) is 67.5 Å². The summed E-state index contributed by atoms with van der Waals surface area (Å²) in [7, 11) is 0. The van der Waals surface area contributed by atoms with Crippen LogP contribution in [-0.2, 0) is 6.54 Å². The average molecular weight is 386 g/mol. The van der Waals surface area contributed by atoms with E-state index in [0.29, 0.717) is 5.92 Å². The van der Waals surface area contributed by atoms with Gasteiger partial charge in [-0.25, -0.2) is 15.0 Å². The number of anilines is 1. The lowest BCUT2D eigenvalue weighted by molar-refractivity contribution is 0.352. The van der Waals surface area contributed by atoms with Crippen LogP contribution in [0.5, 0.6) is 0 Å². The second-order valence-corrected chi connectivity index (χ2v) is 7.37. The van der Waals surface area contributed by atoms with Crippen LogP contribution < -0.4 is 4.90 Å². The molecule has 1 aliphatic heterocycles.